The Morgan fingerprint density at radius 2 is 2.04 bits per heavy atom. The van der Waals surface area contributed by atoms with Gasteiger partial charge < -0.3 is 15.5 Å². The number of nitrogens with two attached hydrogens (primary N) is 1. The van der Waals surface area contributed by atoms with Crippen LogP contribution in [0.2, 0.25) is 0 Å². The second-order valence-corrected chi connectivity index (χ2v) is 6.98. The Bertz CT molecular complexity index is 680. The molecule has 1 fully saturated rings. The number of amides is 1. The fourth-order valence-electron chi connectivity index (χ4n) is 2.49. The zero-order valence-electron chi connectivity index (χ0n) is 13.9. The van der Waals surface area contributed by atoms with Gasteiger partial charge in [0.1, 0.15) is 16.5 Å². The molecule has 2 N–H and O–H groups in total. The number of aromatic nitrogens is 3. The number of halogens is 2. The molecule has 0 aliphatic carbocycles. The predicted octanol–water partition coefficient (Wildman–Crippen LogP) is 2.21. The molecule has 25 heavy (non-hydrogen) atoms. The van der Waals surface area contributed by atoms with Crippen molar-refractivity contribution in [1.29, 1.82) is 0 Å². The molecular weight excluding hydrogens is 403 g/mol. The lowest BCUT2D eigenvalue weighted by molar-refractivity contribution is 0.0762. The lowest BCUT2D eigenvalue weighted by atomic mass is 10.3. The molecule has 11 heteroatoms. The zero-order chi connectivity index (χ0) is 16.2. The van der Waals surface area contributed by atoms with Crippen LogP contribution in [0.15, 0.2) is 5.38 Å². The van der Waals surface area contributed by atoms with E-state index < -0.39 is 0 Å². The third-order valence-corrected chi connectivity index (χ3v) is 5.46. The third kappa shape index (κ3) is 5.24. The number of carbonyl (C=O) groups is 1. The molecule has 3 heterocycles. The summed E-state index contributed by atoms with van der Waals surface area (Å²) in [5.41, 5.74) is 6.07. The van der Waals surface area contributed by atoms with E-state index in [4.69, 9.17) is 5.73 Å². The molecule has 0 spiro atoms. The molecule has 0 atom stereocenters. The van der Waals surface area contributed by atoms with Gasteiger partial charge in [-0.25, -0.2) is 9.97 Å². The van der Waals surface area contributed by atoms with E-state index >= 15 is 0 Å². The van der Waals surface area contributed by atoms with E-state index in [-0.39, 0.29) is 30.7 Å². The Morgan fingerprint density at radius 1 is 1.24 bits per heavy atom. The summed E-state index contributed by atoms with van der Waals surface area (Å²) in [6.45, 7) is 5.52. The molecule has 7 nitrogen and oxygen atoms in total. The number of thiazole rings is 1. The van der Waals surface area contributed by atoms with Crippen molar-refractivity contribution >= 4 is 58.7 Å². The van der Waals surface area contributed by atoms with Gasteiger partial charge in [0.05, 0.1) is 0 Å². The van der Waals surface area contributed by atoms with Gasteiger partial charge in [-0.05, 0) is 6.42 Å². The molecular formula is C14H22Cl2N6OS2. The first-order chi connectivity index (χ1) is 11.2. The highest BCUT2D eigenvalue weighted by Gasteiger charge is 2.23. The van der Waals surface area contributed by atoms with Crippen molar-refractivity contribution in [2.24, 2.45) is 5.73 Å². The number of carbonyl (C=O) groups excluding carboxylic acids is 1. The molecule has 1 amide bonds. The highest BCUT2D eigenvalue weighted by atomic mass is 35.5. The van der Waals surface area contributed by atoms with Crippen LogP contribution in [-0.4, -0.2) is 51.3 Å². The highest BCUT2D eigenvalue weighted by molar-refractivity contribution is 7.10. The average molecular weight is 425 g/mol. The molecule has 0 bridgehead atoms. The first-order valence-electron chi connectivity index (χ1n) is 7.72. The van der Waals surface area contributed by atoms with E-state index in [9.17, 15) is 4.79 Å². The summed E-state index contributed by atoms with van der Waals surface area (Å²) < 4.78 is 4.34. The zero-order valence-corrected chi connectivity index (χ0v) is 17.1. The van der Waals surface area contributed by atoms with Crippen LogP contribution in [0.3, 0.4) is 0 Å². The Kier molecular flexibility index (Phi) is 9.01. The van der Waals surface area contributed by atoms with Gasteiger partial charge in [0, 0.05) is 56.1 Å². The summed E-state index contributed by atoms with van der Waals surface area (Å²) in [5, 5.41) is 3.55. The van der Waals surface area contributed by atoms with Gasteiger partial charge in [-0.15, -0.1) is 36.2 Å². The Balaban J connectivity index is 0.00000156. The smallest absolute Gasteiger partial charge is 0.273 e. The number of rotatable bonds is 4. The van der Waals surface area contributed by atoms with Crippen LogP contribution >= 0.6 is 47.7 Å². The Labute approximate surface area is 167 Å². The van der Waals surface area contributed by atoms with Crippen LogP contribution in [0, 0.1) is 0 Å². The average Bonchev–Trinajstić information content (AvgIpc) is 3.18. The van der Waals surface area contributed by atoms with Gasteiger partial charge in [0.15, 0.2) is 0 Å². The van der Waals surface area contributed by atoms with Crippen molar-refractivity contribution in [2.45, 2.75) is 26.3 Å². The second-order valence-electron chi connectivity index (χ2n) is 5.31. The number of hydrogen-bond donors (Lipinski definition) is 1. The molecule has 140 valence electrons. The van der Waals surface area contributed by atoms with Crippen LogP contribution in [0.1, 0.15) is 34.7 Å². The number of nitrogens with zero attached hydrogens (tertiary/aromatic N) is 5. The van der Waals surface area contributed by atoms with Crippen molar-refractivity contribution in [2.75, 3.05) is 31.1 Å². The standard InChI is InChI=1S/C14H20N6OS2.2ClH/c1-2-11-17-14(23-18-11)20-5-3-4-19(6-7-20)13(21)10-9-22-12(8-15)16-10;;/h9H,2-8,15H2,1H3;2*1H. The maximum Gasteiger partial charge on any atom is 0.273 e. The largest absolute Gasteiger partial charge is 0.345 e. The summed E-state index contributed by atoms with van der Waals surface area (Å²) in [6.07, 6.45) is 1.77. The van der Waals surface area contributed by atoms with Crippen molar-refractivity contribution in [3.05, 3.63) is 21.9 Å². The van der Waals surface area contributed by atoms with Crippen molar-refractivity contribution in [1.82, 2.24) is 19.2 Å². The van der Waals surface area contributed by atoms with Crippen molar-refractivity contribution in [3.8, 4) is 0 Å². The first-order valence-corrected chi connectivity index (χ1v) is 9.37. The molecule has 0 radical (unpaired) electrons. The van der Waals surface area contributed by atoms with Gasteiger partial charge in [0.25, 0.3) is 5.91 Å². The van der Waals surface area contributed by atoms with E-state index in [1.54, 1.807) is 5.38 Å². The summed E-state index contributed by atoms with van der Waals surface area (Å²) in [7, 11) is 0. The van der Waals surface area contributed by atoms with E-state index in [1.807, 2.05) is 4.90 Å². The van der Waals surface area contributed by atoms with Crippen LogP contribution in [0.5, 0.6) is 0 Å². The monoisotopic (exact) mass is 424 g/mol. The molecule has 1 aliphatic rings. The second kappa shape index (κ2) is 10.2. The molecule has 0 unspecified atom stereocenters. The predicted molar refractivity (Wildman–Crippen MR) is 107 cm³/mol. The molecule has 0 aromatic carbocycles. The lowest BCUT2D eigenvalue weighted by Gasteiger charge is -2.20. The first kappa shape index (κ1) is 22.0. The van der Waals surface area contributed by atoms with Crippen LogP contribution in [0.4, 0.5) is 5.13 Å². The van der Waals surface area contributed by atoms with Gasteiger partial charge in [-0.3, -0.25) is 4.79 Å². The maximum absolute atomic E-state index is 12.6. The fraction of sp³-hybridized carbons (Fsp3) is 0.571. The summed E-state index contributed by atoms with van der Waals surface area (Å²) in [6, 6.07) is 0. The molecule has 2 aromatic heterocycles. The lowest BCUT2D eigenvalue weighted by Crippen LogP contribution is -2.35. The van der Waals surface area contributed by atoms with E-state index in [0.717, 1.165) is 48.4 Å². The van der Waals surface area contributed by atoms with E-state index in [1.165, 1.54) is 22.9 Å². The SMILES string of the molecule is CCc1nsc(N2CCCN(C(=O)c3csc(CN)n3)CC2)n1.Cl.Cl. The third-order valence-electron chi connectivity index (χ3n) is 3.77. The van der Waals surface area contributed by atoms with Crippen LogP contribution in [-0.2, 0) is 13.0 Å². The van der Waals surface area contributed by atoms with Crippen molar-refractivity contribution < 1.29 is 4.79 Å². The highest BCUT2D eigenvalue weighted by Crippen LogP contribution is 2.20. The van der Waals surface area contributed by atoms with Gasteiger partial charge >= 0.3 is 0 Å². The number of hydrogen-bond acceptors (Lipinski definition) is 8. The summed E-state index contributed by atoms with van der Waals surface area (Å²) in [5.74, 6) is 0.883. The van der Waals surface area contributed by atoms with E-state index in [2.05, 4.69) is 26.2 Å². The fourth-order valence-corrected chi connectivity index (χ4v) is 3.94. The van der Waals surface area contributed by atoms with Crippen LogP contribution < -0.4 is 10.6 Å². The molecule has 3 rings (SSSR count). The minimum Gasteiger partial charge on any atom is -0.345 e. The quantitative estimate of drug-likeness (QED) is 0.808. The molecule has 0 saturated carbocycles. The van der Waals surface area contributed by atoms with Gasteiger partial charge in [-0.1, -0.05) is 6.92 Å². The van der Waals surface area contributed by atoms with Crippen molar-refractivity contribution in [3.63, 3.8) is 0 Å². The minimum atomic E-state index is -0.00527. The normalized spacial score (nSPS) is 14.5. The molecule has 1 saturated heterocycles. The minimum absolute atomic E-state index is 0. The van der Waals surface area contributed by atoms with Crippen LogP contribution in [0.25, 0.3) is 0 Å². The topological polar surface area (TPSA) is 88.2 Å². The Hall–Kier alpha value is -1.00. The number of aryl methyl sites for hydroxylation is 1. The number of anilines is 1. The van der Waals surface area contributed by atoms with E-state index in [0.29, 0.717) is 18.8 Å². The Morgan fingerprint density at radius 3 is 2.68 bits per heavy atom. The summed E-state index contributed by atoms with van der Waals surface area (Å²) >= 11 is 2.88. The van der Waals surface area contributed by atoms with Gasteiger partial charge in [0.2, 0.25) is 5.13 Å². The molecule has 1 aliphatic heterocycles. The maximum atomic E-state index is 12.6. The summed E-state index contributed by atoms with van der Waals surface area (Å²) in [4.78, 5) is 25.5. The molecule has 2 aromatic rings. The van der Waals surface area contributed by atoms with Gasteiger partial charge in [-0.2, -0.15) is 4.37 Å².